The lowest BCUT2D eigenvalue weighted by Gasteiger charge is -2.05. The minimum absolute atomic E-state index is 0.722. The smallest absolute Gasteiger partial charge is 0.159 e. The Hall–Kier alpha value is -3.11. The lowest BCUT2D eigenvalue weighted by molar-refractivity contribution is 0.399. The number of aliphatic hydroxyl groups excluding tert-OH is 1. The molecule has 4 aromatic rings. The standard InChI is InChI=1S/C19H13N3.C2H6.CH4O/c1-3-7-14(8-4-1)16-11-17-18(20-12-16)13-21-19(22-17)15-9-5-2-6-10-15;2*1-2/h1-13H;1-2H3;2H,1H3. The van der Waals surface area contributed by atoms with Gasteiger partial charge in [0.25, 0.3) is 0 Å². The molecule has 132 valence electrons. The maximum atomic E-state index is 7.00. The van der Waals surface area contributed by atoms with Crippen LogP contribution in [0.1, 0.15) is 13.8 Å². The van der Waals surface area contributed by atoms with Gasteiger partial charge in [0.05, 0.1) is 11.7 Å². The fraction of sp³-hybridized carbons (Fsp3) is 0.136. The van der Waals surface area contributed by atoms with Gasteiger partial charge in [0.2, 0.25) is 0 Å². The highest BCUT2D eigenvalue weighted by molar-refractivity contribution is 5.81. The maximum Gasteiger partial charge on any atom is 0.159 e. The van der Waals surface area contributed by atoms with Gasteiger partial charge < -0.3 is 5.11 Å². The first-order chi connectivity index (χ1) is 12.9. The summed E-state index contributed by atoms with van der Waals surface area (Å²) < 4.78 is 0. The number of fused-ring (bicyclic) bond motifs is 1. The van der Waals surface area contributed by atoms with Crippen LogP contribution in [-0.2, 0) is 0 Å². The third-order valence-electron chi connectivity index (χ3n) is 3.57. The predicted molar refractivity (Wildman–Crippen MR) is 108 cm³/mol. The Balaban J connectivity index is 0.000000570. The minimum Gasteiger partial charge on any atom is -0.400 e. The van der Waals surface area contributed by atoms with Crippen LogP contribution >= 0.6 is 0 Å². The summed E-state index contributed by atoms with van der Waals surface area (Å²) in [6, 6.07) is 22.2. The Morgan fingerprint density at radius 2 is 1.19 bits per heavy atom. The fourth-order valence-corrected chi connectivity index (χ4v) is 2.43. The van der Waals surface area contributed by atoms with Gasteiger partial charge in [0.1, 0.15) is 5.52 Å². The molecule has 2 heterocycles. The first kappa shape index (κ1) is 19.2. The zero-order valence-electron chi connectivity index (χ0n) is 15.3. The number of nitrogens with zero attached hydrogens (tertiary/aromatic N) is 3. The van der Waals surface area contributed by atoms with Gasteiger partial charge in [0, 0.05) is 24.4 Å². The van der Waals surface area contributed by atoms with Crippen molar-refractivity contribution < 1.29 is 5.11 Å². The lowest BCUT2D eigenvalue weighted by atomic mass is 10.1. The number of rotatable bonds is 2. The fourth-order valence-electron chi connectivity index (χ4n) is 2.43. The summed E-state index contributed by atoms with van der Waals surface area (Å²) in [5.74, 6) is 0.722. The molecule has 0 unspecified atom stereocenters. The maximum absolute atomic E-state index is 7.00. The highest BCUT2D eigenvalue weighted by Gasteiger charge is 2.05. The van der Waals surface area contributed by atoms with E-state index < -0.39 is 0 Å². The van der Waals surface area contributed by atoms with Crippen LogP contribution in [0.4, 0.5) is 0 Å². The molecular formula is C22H23N3O. The second kappa shape index (κ2) is 10.0. The quantitative estimate of drug-likeness (QED) is 0.556. The number of aromatic nitrogens is 3. The van der Waals surface area contributed by atoms with Crippen molar-refractivity contribution in [2.75, 3.05) is 7.11 Å². The Morgan fingerprint density at radius 1 is 0.615 bits per heavy atom. The Kier molecular flexibility index (Phi) is 7.40. The predicted octanol–water partition coefficient (Wildman–Crippen LogP) is 4.99. The Bertz CT molecular complexity index is 851. The van der Waals surface area contributed by atoms with Crippen LogP contribution in [0.5, 0.6) is 0 Å². The van der Waals surface area contributed by atoms with Crippen LogP contribution < -0.4 is 0 Å². The first-order valence-corrected chi connectivity index (χ1v) is 8.58. The molecule has 0 spiro atoms. The summed E-state index contributed by atoms with van der Waals surface area (Å²) in [7, 11) is 1.00. The SMILES string of the molecule is CC.CO.c1ccc(-c2cnc3cnc(-c4ccccc4)nc3c2)cc1. The van der Waals surface area contributed by atoms with Crippen molar-refractivity contribution in [2.45, 2.75) is 13.8 Å². The van der Waals surface area contributed by atoms with Gasteiger partial charge in [-0.25, -0.2) is 9.97 Å². The molecule has 26 heavy (non-hydrogen) atoms. The van der Waals surface area contributed by atoms with Crippen LogP contribution in [0.3, 0.4) is 0 Å². The molecule has 0 radical (unpaired) electrons. The third-order valence-corrected chi connectivity index (χ3v) is 3.57. The van der Waals surface area contributed by atoms with E-state index in [2.05, 4.69) is 33.2 Å². The van der Waals surface area contributed by atoms with Crippen molar-refractivity contribution in [3.63, 3.8) is 0 Å². The zero-order chi connectivity index (χ0) is 18.8. The van der Waals surface area contributed by atoms with E-state index in [9.17, 15) is 0 Å². The van der Waals surface area contributed by atoms with Crippen molar-refractivity contribution >= 4 is 11.0 Å². The molecule has 2 aromatic carbocycles. The third kappa shape index (κ3) is 4.49. The summed E-state index contributed by atoms with van der Waals surface area (Å²) in [5.41, 5.74) is 4.87. The van der Waals surface area contributed by atoms with Crippen LogP contribution in [0.25, 0.3) is 33.5 Å². The summed E-state index contributed by atoms with van der Waals surface area (Å²) in [6.07, 6.45) is 3.64. The van der Waals surface area contributed by atoms with Gasteiger partial charge in [0.15, 0.2) is 5.82 Å². The highest BCUT2D eigenvalue weighted by Crippen LogP contribution is 2.23. The number of benzene rings is 2. The number of hydrogen-bond acceptors (Lipinski definition) is 4. The van der Waals surface area contributed by atoms with Crippen molar-refractivity contribution in [2.24, 2.45) is 0 Å². The van der Waals surface area contributed by atoms with Crippen molar-refractivity contribution in [1.82, 2.24) is 15.0 Å². The van der Waals surface area contributed by atoms with Gasteiger partial charge in [-0.3, -0.25) is 4.98 Å². The number of hydrogen-bond donors (Lipinski definition) is 1. The van der Waals surface area contributed by atoms with E-state index in [1.54, 1.807) is 6.20 Å². The highest BCUT2D eigenvalue weighted by atomic mass is 16.2. The van der Waals surface area contributed by atoms with Crippen molar-refractivity contribution in [3.8, 4) is 22.5 Å². The second-order valence-electron chi connectivity index (χ2n) is 5.05. The molecule has 0 fully saturated rings. The summed E-state index contributed by atoms with van der Waals surface area (Å²) >= 11 is 0. The van der Waals surface area contributed by atoms with E-state index in [0.29, 0.717) is 0 Å². The molecule has 4 heteroatoms. The van der Waals surface area contributed by atoms with Crippen LogP contribution in [-0.4, -0.2) is 27.2 Å². The molecule has 1 N–H and O–H groups in total. The molecule has 0 atom stereocenters. The normalized spacial score (nSPS) is 9.54. The van der Waals surface area contributed by atoms with E-state index in [4.69, 9.17) is 5.11 Å². The zero-order valence-corrected chi connectivity index (χ0v) is 15.3. The average molecular weight is 345 g/mol. The van der Waals surface area contributed by atoms with Gasteiger partial charge in [-0.1, -0.05) is 74.5 Å². The summed E-state index contributed by atoms with van der Waals surface area (Å²) in [4.78, 5) is 13.5. The topological polar surface area (TPSA) is 58.9 Å². The summed E-state index contributed by atoms with van der Waals surface area (Å²) in [6.45, 7) is 4.00. The molecule has 0 aliphatic heterocycles. The Labute approximate surface area is 154 Å². The molecule has 2 aromatic heterocycles. The Morgan fingerprint density at radius 3 is 1.81 bits per heavy atom. The van der Waals surface area contributed by atoms with Crippen molar-refractivity contribution in [1.29, 1.82) is 0 Å². The van der Waals surface area contributed by atoms with Gasteiger partial charge >= 0.3 is 0 Å². The van der Waals surface area contributed by atoms with Gasteiger partial charge in [-0.2, -0.15) is 0 Å². The largest absolute Gasteiger partial charge is 0.400 e. The average Bonchev–Trinajstić information content (AvgIpc) is 2.77. The molecule has 0 saturated heterocycles. The molecule has 0 amide bonds. The molecule has 0 saturated carbocycles. The van der Waals surface area contributed by atoms with E-state index >= 15 is 0 Å². The van der Waals surface area contributed by atoms with E-state index in [1.165, 1.54) is 0 Å². The molecule has 0 bridgehead atoms. The van der Waals surface area contributed by atoms with E-state index in [-0.39, 0.29) is 0 Å². The van der Waals surface area contributed by atoms with E-state index in [0.717, 1.165) is 40.7 Å². The van der Waals surface area contributed by atoms with Gasteiger partial charge in [-0.15, -0.1) is 0 Å². The molecule has 0 aliphatic rings. The monoisotopic (exact) mass is 345 g/mol. The summed E-state index contributed by atoms with van der Waals surface area (Å²) in [5, 5.41) is 7.00. The number of pyridine rings is 1. The van der Waals surface area contributed by atoms with Gasteiger partial charge in [-0.05, 0) is 11.6 Å². The molecular weight excluding hydrogens is 322 g/mol. The molecule has 4 rings (SSSR count). The van der Waals surface area contributed by atoms with Crippen LogP contribution in [0.15, 0.2) is 79.1 Å². The second-order valence-corrected chi connectivity index (χ2v) is 5.05. The minimum atomic E-state index is 0.722. The van der Waals surface area contributed by atoms with Crippen LogP contribution in [0.2, 0.25) is 0 Å². The first-order valence-electron chi connectivity index (χ1n) is 8.58. The van der Waals surface area contributed by atoms with E-state index in [1.807, 2.05) is 68.6 Å². The molecule has 0 aliphatic carbocycles. The van der Waals surface area contributed by atoms with Crippen molar-refractivity contribution in [3.05, 3.63) is 79.1 Å². The molecule has 4 nitrogen and oxygen atoms in total. The number of aliphatic hydroxyl groups is 1. The lowest BCUT2D eigenvalue weighted by Crippen LogP contribution is -1.92. The van der Waals surface area contributed by atoms with Crippen LogP contribution in [0, 0.1) is 0 Å².